The maximum absolute atomic E-state index is 13.7. The molecule has 3 aliphatic rings. The molecule has 5 amide bonds. The predicted molar refractivity (Wildman–Crippen MR) is 221 cm³/mol. The highest BCUT2D eigenvalue weighted by molar-refractivity contribution is 5.99. The first-order chi connectivity index (χ1) is 28.5. The minimum absolute atomic E-state index is 0.119. The topological polar surface area (TPSA) is 184 Å². The number of anilines is 1. The number of aromatic amines is 1. The van der Waals surface area contributed by atoms with Crippen LogP contribution in [0.4, 0.5) is 15.3 Å². The van der Waals surface area contributed by atoms with Crippen LogP contribution in [0.3, 0.4) is 0 Å². The van der Waals surface area contributed by atoms with Gasteiger partial charge in [0.1, 0.15) is 23.9 Å². The predicted octanol–water partition coefficient (Wildman–Crippen LogP) is 6.30. The third-order valence-electron chi connectivity index (χ3n) is 11.6. The Labute approximate surface area is 343 Å². The number of amides is 5. The van der Waals surface area contributed by atoms with Crippen LogP contribution in [0.15, 0.2) is 60.8 Å². The number of ether oxygens (including phenoxy) is 3. The lowest BCUT2D eigenvalue weighted by Crippen LogP contribution is -2.52. The van der Waals surface area contributed by atoms with Crippen molar-refractivity contribution in [2.75, 3.05) is 39.2 Å². The Kier molecular flexibility index (Phi) is 12.8. The zero-order valence-electron chi connectivity index (χ0n) is 34.0. The molecule has 4 N–H and O–H groups in total. The summed E-state index contributed by atoms with van der Waals surface area (Å²) in [5.41, 5.74) is 5.15. The summed E-state index contributed by atoms with van der Waals surface area (Å²) in [7, 11) is 2.55. The first-order valence-corrected chi connectivity index (χ1v) is 20.5. The second-order valence-electron chi connectivity index (χ2n) is 15.8. The first-order valence-electron chi connectivity index (χ1n) is 20.5. The lowest BCUT2D eigenvalue weighted by Gasteiger charge is -2.29. The van der Waals surface area contributed by atoms with Crippen molar-refractivity contribution in [1.82, 2.24) is 30.4 Å². The summed E-state index contributed by atoms with van der Waals surface area (Å²) in [5.74, 6) is -0.116. The molecule has 4 atom stereocenters. The van der Waals surface area contributed by atoms with Crippen molar-refractivity contribution in [2.24, 2.45) is 5.92 Å². The fourth-order valence-corrected chi connectivity index (χ4v) is 8.36. The highest BCUT2D eigenvalue weighted by Crippen LogP contribution is 2.35. The molecule has 15 heteroatoms. The molecular formula is C44H53N7O8. The van der Waals surface area contributed by atoms with Crippen LogP contribution in [0.5, 0.6) is 0 Å². The Hall–Kier alpha value is -5.96. The number of aromatic nitrogens is 2. The molecule has 0 spiro atoms. The van der Waals surface area contributed by atoms with E-state index in [2.05, 4.69) is 51.3 Å². The monoisotopic (exact) mass is 807 g/mol. The molecule has 2 saturated heterocycles. The summed E-state index contributed by atoms with van der Waals surface area (Å²) < 4.78 is 15.6. The van der Waals surface area contributed by atoms with Crippen molar-refractivity contribution in [3.05, 3.63) is 72.2 Å². The molecule has 7 rings (SSSR count). The fourth-order valence-electron chi connectivity index (χ4n) is 8.36. The van der Waals surface area contributed by atoms with E-state index in [9.17, 15) is 24.0 Å². The number of carbonyl (C=O) groups is 5. The summed E-state index contributed by atoms with van der Waals surface area (Å²) in [6.07, 6.45) is 5.13. The Morgan fingerprint density at radius 3 is 2.29 bits per heavy atom. The summed E-state index contributed by atoms with van der Waals surface area (Å²) in [4.78, 5) is 76.6. The molecule has 0 saturated carbocycles. The second-order valence-corrected chi connectivity index (χ2v) is 15.8. The summed E-state index contributed by atoms with van der Waals surface area (Å²) in [6, 6.07) is 16.0. The van der Waals surface area contributed by atoms with Gasteiger partial charge in [-0.15, -0.1) is 0 Å². The fraction of sp³-hybridized carbons (Fsp3) is 0.455. The number of methoxy groups -OCH3 is 2. The number of likely N-dealkylation sites (tertiary alicyclic amines) is 1. The van der Waals surface area contributed by atoms with E-state index in [0.29, 0.717) is 69.9 Å². The van der Waals surface area contributed by atoms with Crippen molar-refractivity contribution < 1.29 is 38.2 Å². The molecule has 0 unspecified atom stereocenters. The number of alkyl carbamates (subject to hydrolysis) is 2. The van der Waals surface area contributed by atoms with Gasteiger partial charge < -0.3 is 44.9 Å². The van der Waals surface area contributed by atoms with Crippen molar-refractivity contribution in [3.63, 3.8) is 0 Å². The lowest BCUT2D eigenvalue weighted by molar-refractivity contribution is -0.138. The van der Waals surface area contributed by atoms with Gasteiger partial charge >= 0.3 is 12.2 Å². The number of benzene rings is 3. The Morgan fingerprint density at radius 2 is 1.53 bits per heavy atom. The Bertz CT molecular complexity index is 2200. The van der Waals surface area contributed by atoms with E-state index in [1.54, 1.807) is 9.80 Å². The average Bonchev–Trinajstić information content (AvgIpc) is 4.04. The largest absolute Gasteiger partial charge is 0.453 e. The Morgan fingerprint density at radius 1 is 0.831 bits per heavy atom. The van der Waals surface area contributed by atoms with Crippen molar-refractivity contribution >= 4 is 46.4 Å². The van der Waals surface area contributed by atoms with Crippen LogP contribution in [0.1, 0.15) is 76.2 Å². The average molecular weight is 808 g/mol. The molecule has 15 nitrogen and oxygen atoms in total. The smallest absolute Gasteiger partial charge is 0.407 e. The minimum Gasteiger partial charge on any atom is -0.453 e. The van der Waals surface area contributed by atoms with E-state index < -0.39 is 30.3 Å². The molecule has 2 fully saturated rings. The van der Waals surface area contributed by atoms with Crippen LogP contribution >= 0.6 is 0 Å². The molecule has 4 aromatic rings. The standard InChI is InChI=1S/C44H53N7O8/c1-26(2)38(49-44(56)58-4)42(54)50-18-7-10-36(50)39-45-24-35(46-39)31-15-14-28-21-27(12-13-29(28)22-31)30-16-17-33-32(23-30)25-59-20-6-5-9-34(48-43(55)57-3)41(53)51-19-8-11-37(51)40(52)47-33/h12-17,21-24,26,34,36-38H,5-11,18-20,25H2,1-4H3,(H,45,46)(H,47,52)(H,48,55)(H,49,56)/t34-,36-,37-,38-/m0/s1. The third-order valence-corrected chi connectivity index (χ3v) is 11.6. The van der Waals surface area contributed by atoms with Crippen LogP contribution < -0.4 is 16.0 Å². The van der Waals surface area contributed by atoms with Gasteiger partial charge in [0.15, 0.2) is 0 Å². The third kappa shape index (κ3) is 9.20. The van der Waals surface area contributed by atoms with Gasteiger partial charge in [-0.1, -0.05) is 44.2 Å². The number of hydrogen-bond donors (Lipinski definition) is 4. The second kappa shape index (κ2) is 18.3. The normalized spacial score (nSPS) is 20.7. The minimum atomic E-state index is -0.783. The van der Waals surface area contributed by atoms with Crippen LogP contribution in [0.25, 0.3) is 33.2 Å². The molecule has 3 aromatic carbocycles. The number of hydrogen-bond acceptors (Lipinski definition) is 9. The van der Waals surface area contributed by atoms with Crippen LogP contribution in [0, 0.1) is 5.92 Å². The number of nitrogens with one attached hydrogen (secondary N) is 4. The number of nitrogens with zero attached hydrogens (tertiary/aromatic N) is 3. The van der Waals surface area contributed by atoms with Crippen molar-refractivity contribution in [1.29, 1.82) is 0 Å². The highest BCUT2D eigenvalue weighted by Gasteiger charge is 2.39. The molecule has 1 aromatic heterocycles. The molecule has 59 heavy (non-hydrogen) atoms. The number of imidazole rings is 1. The maximum atomic E-state index is 13.7. The number of H-pyrrole nitrogens is 1. The van der Waals surface area contributed by atoms with Gasteiger partial charge in [-0.25, -0.2) is 14.6 Å². The highest BCUT2D eigenvalue weighted by atomic mass is 16.5. The maximum Gasteiger partial charge on any atom is 0.407 e. The van der Waals surface area contributed by atoms with Crippen LogP contribution in [-0.4, -0.2) is 102 Å². The number of rotatable bonds is 7. The quantitative estimate of drug-likeness (QED) is 0.167. The Balaban J connectivity index is 1.08. The van der Waals surface area contributed by atoms with Crippen LogP contribution in [-0.2, 0) is 35.2 Å². The molecule has 0 bridgehead atoms. The zero-order valence-corrected chi connectivity index (χ0v) is 34.0. The van der Waals surface area contributed by atoms with E-state index in [4.69, 9.17) is 19.2 Å². The molecule has 0 radical (unpaired) electrons. The van der Waals surface area contributed by atoms with Gasteiger partial charge in [-0.05, 0) is 97.0 Å². The van der Waals surface area contributed by atoms with Gasteiger partial charge in [0.25, 0.3) is 0 Å². The van der Waals surface area contributed by atoms with Gasteiger partial charge in [0.05, 0.1) is 32.6 Å². The van der Waals surface area contributed by atoms with E-state index in [-0.39, 0.29) is 29.7 Å². The van der Waals surface area contributed by atoms with E-state index in [0.717, 1.165) is 51.6 Å². The van der Waals surface area contributed by atoms with E-state index in [1.807, 2.05) is 44.3 Å². The zero-order chi connectivity index (χ0) is 41.6. The number of fused-ring (bicyclic) bond motifs is 3. The lowest BCUT2D eigenvalue weighted by atomic mass is 9.97. The van der Waals surface area contributed by atoms with E-state index >= 15 is 0 Å². The number of carbonyl (C=O) groups excluding carboxylic acids is 5. The summed E-state index contributed by atoms with van der Waals surface area (Å²) in [6.45, 7) is 5.55. The van der Waals surface area contributed by atoms with Gasteiger partial charge in [-0.3, -0.25) is 14.4 Å². The first kappa shape index (κ1) is 41.2. The molecule has 312 valence electrons. The van der Waals surface area contributed by atoms with Gasteiger partial charge in [-0.2, -0.15) is 0 Å². The molecule has 4 heterocycles. The van der Waals surface area contributed by atoms with Crippen molar-refractivity contribution in [2.45, 2.75) is 89.6 Å². The van der Waals surface area contributed by atoms with Gasteiger partial charge in [0.2, 0.25) is 17.7 Å². The van der Waals surface area contributed by atoms with E-state index in [1.165, 1.54) is 14.2 Å². The van der Waals surface area contributed by atoms with Crippen LogP contribution in [0.2, 0.25) is 0 Å². The summed E-state index contributed by atoms with van der Waals surface area (Å²) in [5, 5.41) is 10.5. The van der Waals surface area contributed by atoms with Crippen molar-refractivity contribution in [3.8, 4) is 22.4 Å². The molecular weight excluding hydrogens is 755 g/mol. The summed E-state index contributed by atoms with van der Waals surface area (Å²) >= 11 is 0. The van der Waals surface area contributed by atoms with Gasteiger partial charge in [0, 0.05) is 42.7 Å². The SMILES string of the molecule is COC(=O)N[C@H]1CCCCOCc2cc(-c3ccc4cc(-c5c[nH]c([C@@H]6CCCN6C(=O)[C@@H](NC(=O)OC)C(C)C)n5)ccc4c3)ccc2NC(=O)[C@@H]2CCCN2C1=O. The molecule has 3 aliphatic heterocycles. The molecule has 0 aliphatic carbocycles.